The highest BCUT2D eigenvalue weighted by atomic mass is 35.5. The molecular weight excluding hydrogens is 230 g/mol. The average molecular weight is 246 g/mol. The molecule has 0 aliphatic carbocycles. The van der Waals surface area contributed by atoms with E-state index in [4.69, 9.17) is 16.3 Å². The molecule has 0 amide bonds. The van der Waals surface area contributed by atoms with Gasteiger partial charge in [-0.05, 0) is 25.2 Å². The van der Waals surface area contributed by atoms with Crippen molar-refractivity contribution in [3.05, 3.63) is 5.28 Å². The summed E-state index contributed by atoms with van der Waals surface area (Å²) in [6, 6.07) is 0.214. The lowest BCUT2D eigenvalue weighted by Gasteiger charge is -2.13. The molecule has 0 aliphatic rings. The summed E-state index contributed by atoms with van der Waals surface area (Å²) in [6.45, 7) is 4.75. The maximum absolute atomic E-state index is 5.70. The minimum absolute atomic E-state index is 0.123. The van der Waals surface area contributed by atoms with Crippen LogP contribution in [0.15, 0.2) is 0 Å². The summed E-state index contributed by atoms with van der Waals surface area (Å²) in [5.41, 5.74) is 0. The van der Waals surface area contributed by atoms with Crippen molar-refractivity contribution < 1.29 is 4.74 Å². The molecule has 0 unspecified atom stereocenters. The zero-order chi connectivity index (χ0) is 12.0. The summed E-state index contributed by atoms with van der Waals surface area (Å²) in [5, 5.41) is 3.18. The third-order valence-electron chi connectivity index (χ3n) is 2.09. The summed E-state index contributed by atoms with van der Waals surface area (Å²) in [5.74, 6) is 0.432. The van der Waals surface area contributed by atoms with Crippen molar-refractivity contribution in [1.82, 2.24) is 19.9 Å². The first-order valence-electron chi connectivity index (χ1n) is 5.03. The fourth-order valence-corrected chi connectivity index (χ4v) is 1.17. The first-order chi connectivity index (χ1) is 7.65. The number of nitrogens with one attached hydrogen (secondary N) is 1. The van der Waals surface area contributed by atoms with Gasteiger partial charge in [0.25, 0.3) is 0 Å². The molecule has 0 atom stereocenters. The van der Waals surface area contributed by atoms with E-state index >= 15 is 0 Å². The number of ether oxygens (including phenoxy) is 1. The highest BCUT2D eigenvalue weighted by Crippen LogP contribution is 2.10. The van der Waals surface area contributed by atoms with E-state index in [2.05, 4.69) is 32.1 Å². The van der Waals surface area contributed by atoms with E-state index < -0.39 is 0 Å². The molecular formula is C9H16ClN5O. The molecule has 0 aliphatic heterocycles. The second kappa shape index (κ2) is 6.44. The predicted molar refractivity (Wildman–Crippen MR) is 63.0 cm³/mol. The van der Waals surface area contributed by atoms with Crippen LogP contribution in [0.2, 0.25) is 5.28 Å². The van der Waals surface area contributed by atoms with Gasteiger partial charge in [-0.3, -0.25) is 0 Å². The van der Waals surface area contributed by atoms with E-state index in [1.807, 2.05) is 7.05 Å². The van der Waals surface area contributed by atoms with Crippen LogP contribution in [0.25, 0.3) is 0 Å². The minimum Gasteiger partial charge on any atom is -0.467 e. The van der Waals surface area contributed by atoms with E-state index in [-0.39, 0.29) is 11.3 Å². The fraction of sp³-hybridized carbons (Fsp3) is 0.667. The lowest BCUT2D eigenvalue weighted by atomic mass is 10.5. The van der Waals surface area contributed by atoms with Gasteiger partial charge in [0.05, 0.1) is 7.11 Å². The number of anilines is 1. The van der Waals surface area contributed by atoms with Gasteiger partial charge in [-0.1, -0.05) is 6.92 Å². The Hall–Kier alpha value is -1.14. The van der Waals surface area contributed by atoms with Gasteiger partial charge < -0.3 is 15.0 Å². The van der Waals surface area contributed by atoms with Gasteiger partial charge in [-0.25, -0.2) is 0 Å². The Kier molecular flexibility index (Phi) is 5.21. The number of aromatic nitrogens is 3. The highest BCUT2D eigenvalue weighted by molar-refractivity contribution is 6.28. The number of halogens is 1. The Morgan fingerprint density at radius 1 is 1.38 bits per heavy atom. The predicted octanol–water partition coefficient (Wildman–Crippen LogP) is 0.897. The van der Waals surface area contributed by atoms with Crippen LogP contribution >= 0.6 is 11.6 Å². The van der Waals surface area contributed by atoms with Crippen LogP contribution in [-0.4, -0.2) is 53.6 Å². The second-order valence-corrected chi connectivity index (χ2v) is 3.58. The minimum atomic E-state index is 0.123. The Morgan fingerprint density at radius 2 is 2.12 bits per heavy atom. The molecule has 16 heavy (non-hydrogen) atoms. The molecule has 1 rings (SSSR count). The second-order valence-electron chi connectivity index (χ2n) is 3.24. The molecule has 1 N–H and O–H groups in total. The van der Waals surface area contributed by atoms with Gasteiger partial charge in [0.1, 0.15) is 0 Å². The number of nitrogens with zero attached hydrogens (tertiary/aromatic N) is 4. The van der Waals surface area contributed by atoms with E-state index in [1.54, 1.807) is 0 Å². The molecule has 0 spiro atoms. The van der Waals surface area contributed by atoms with Gasteiger partial charge in [-0.15, -0.1) is 0 Å². The number of hydrogen-bond acceptors (Lipinski definition) is 6. The molecule has 0 radical (unpaired) electrons. The normalized spacial score (nSPS) is 10.6. The molecule has 0 saturated carbocycles. The van der Waals surface area contributed by atoms with E-state index in [0.717, 1.165) is 19.6 Å². The Labute approximate surface area is 100 Å². The molecule has 0 aromatic carbocycles. The Morgan fingerprint density at radius 3 is 2.75 bits per heavy atom. The van der Waals surface area contributed by atoms with Gasteiger partial charge in [0.2, 0.25) is 11.2 Å². The van der Waals surface area contributed by atoms with E-state index in [0.29, 0.717) is 5.95 Å². The molecule has 0 saturated heterocycles. The van der Waals surface area contributed by atoms with Crippen LogP contribution in [0.4, 0.5) is 5.95 Å². The Bertz CT molecular complexity index is 336. The number of hydrogen-bond donors (Lipinski definition) is 1. The lowest BCUT2D eigenvalue weighted by Crippen LogP contribution is -2.25. The maximum Gasteiger partial charge on any atom is 0.322 e. The molecule has 1 heterocycles. The number of methoxy groups -OCH3 is 1. The van der Waals surface area contributed by atoms with Crippen molar-refractivity contribution in [2.75, 3.05) is 39.1 Å². The third kappa shape index (κ3) is 4.16. The smallest absolute Gasteiger partial charge is 0.322 e. The quantitative estimate of drug-likeness (QED) is 0.804. The zero-order valence-corrected chi connectivity index (χ0v) is 10.5. The van der Waals surface area contributed by atoms with Crippen LogP contribution in [0.1, 0.15) is 6.92 Å². The number of rotatable bonds is 6. The van der Waals surface area contributed by atoms with E-state index in [9.17, 15) is 0 Å². The molecule has 1 aromatic heterocycles. The van der Waals surface area contributed by atoms with Crippen LogP contribution < -0.4 is 10.1 Å². The van der Waals surface area contributed by atoms with Crippen LogP contribution in [-0.2, 0) is 0 Å². The maximum atomic E-state index is 5.70. The fourth-order valence-electron chi connectivity index (χ4n) is 1.02. The first-order valence-corrected chi connectivity index (χ1v) is 5.41. The molecule has 0 fully saturated rings. The van der Waals surface area contributed by atoms with Gasteiger partial charge >= 0.3 is 6.01 Å². The van der Waals surface area contributed by atoms with Gasteiger partial charge in [0.15, 0.2) is 0 Å². The van der Waals surface area contributed by atoms with Crippen molar-refractivity contribution in [3.8, 4) is 6.01 Å². The van der Waals surface area contributed by atoms with Gasteiger partial charge in [0, 0.05) is 13.1 Å². The molecule has 90 valence electrons. The van der Waals surface area contributed by atoms with Crippen LogP contribution in [0.3, 0.4) is 0 Å². The highest BCUT2D eigenvalue weighted by Gasteiger charge is 2.04. The molecule has 7 heteroatoms. The van der Waals surface area contributed by atoms with Gasteiger partial charge in [-0.2, -0.15) is 15.0 Å². The summed E-state index contributed by atoms with van der Waals surface area (Å²) < 4.78 is 4.89. The summed E-state index contributed by atoms with van der Waals surface area (Å²) in [6.07, 6.45) is 0. The third-order valence-corrected chi connectivity index (χ3v) is 2.26. The topological polar surface area (TPSA) is 63.2 Å². The molecule has 1 aromatic rings. The van der Waals surface area contributed by atoms with Crippen LogP contribution in [0.5, 0.6) is 6.01 Å². The van der Waals surface area contributed by atoms with Crippen molar-refractivity contribution in [1.29, 1.82) is 0 Å². The van der Waals surface area contributed by atoms with Crippen LogP contribution in [0, 0.1) is 0 Å². The number of likely N-dealkylation sites (N-methyl/N-ethyl adjacent to an activating group) is 1. The van der Waals surface area contributed by atoms with E-state index in [1.165, 1.54) is 7.11 Å². The van der Waals surface area contributed by atoms with Crippen molar-refractivity contribution >= 4 is 17.5 Å². The molecule has 0 bridgehead atoms. The van der Waals surface area contributed by atoms with Crippen molar-refractivity contribution in [2.24, 2.45) is 0 Å². The first kappa shape index (κ1) is 12.9. The standard InChI is InChI=1S/C9H16ClN5O/c1-4-15(2)6-5-11-8-12-7(10)13-9(14-8)16-3/h4-6H2,1-3H3,(H,11,12,13,14). The Balaban J connectivity index is 2.50. The van der Waals surface area contributed by atoms with Crippen molar-refractivity contribution in [3.63, 3.8) is 0 Å². The monoisotopic (exact) mass is 245 g/mol. The summed E-state index contributed by atoms with van der Waals surface area (Å²) in [4.78, 5) is 13.9. The SMILES string of the molecule is CCN(C)CCNc1nc(Cl)nc(OC)n1. The largest absolute Gasteiger partial charge is 0.467 e. The average Bonchev–Trinajstić information content (AvgIpc) is 2.28. The summed E-state index contributed by atoms with van der Waals surface area (Å²) in [7, 11) is 3.53. The van der Waals surface area contributed by atoms with Crippen molar-refractivity contribution in [2.45, 2.75) is 6.92 Å². The zero-order valence-electron chi connectivity index (χ0n) is 9.70. The lowest BCUT2D eigenvalue weighted by molar-refractivity contribution is 0.365. The summed E-state index contributed by atoms with van der Waals surface area (Å²) >= 11 is 5.70. The molecule has 6 nitrogen and oxygen atoms in total.